The zero-order chi connectivity index (χ0) is 12.1. The Morgan fingerprint density at radius 2 is 2.25 bits per heavy atom. The third-order valence-electron chi connectivity index (χ3n) is 1.96. The van der Waals surface area contributed by atoms with E-state index in [2.05, 4.69) is 15.7 Å². The number of nitrogens with zero attached hydrogens (tertiary/aromatic N) is 3. The van der Waals surface area contributed by atoms with Gasteiger partial charge in [-0.1, -0.05) is 0 Å². The van der Waals surface area contributed by atoms with Crippen LogP contribution in [0.3, 0.4) is 0 Å². The summed E-state index contributed by atoms with van der Waals surface area (Å²) < 4.78 is 1.63. The van der Waals surface area contributed by atoms with Crippen LogP contribution >= 0.6 is 0 Å². The molecule has 1 aromatic heterocycles. The lowest BCUT2D eigenvalue weighted by Gasteiger charge is -2.12. The lowest BCUT2D eigenvalue weighted by molar-refractivity contribution is 0.218. The van der Waals surface area contributed by atoms with Gasteiger partial charge in [0.05, 0.1) is 5.69 Å². The molecule has 7 heteroatoms. The number of carbonyl (C=O) groups excluding carboxylic acids is 1. The van der Waals surface area contributed by atoms with E-state index >= 15 is 0 Å². The molecule has 16 heavy (non-hydrogen) atoms. The molecule has 0 atom stereocenters. The van der Waals surface area contributed by atoms with E-state index in [9.17, 15) is 4.79 Å². The van der Waals surface area contributed by atoms with Crippen LogP contribution in [0.2, 0.25) is 0 Å². The molecule has 0 aliphatic heterocycles. The van der Waals surface area contributed by atoms with E-state index in [1.807, 2.05) is 0 Å². The maximum Gasteiger partial charge on any atom is 0.316 e. The number of nitrogen functional groups attached to an aromatic ring is 1. The number of nitrogens with one attached hydrogen (secondary N) is 2. The number of urea groups is 1. The molecular formula is C9H18N6O. The number of carbonyl (C=O) groups is 1. The van der Waals surface area contributed by atoms with Gasteiger partial charge in [-0.05, 0) is 0 Å². The van der Waals surface area contributed by atoms with Crippen LogP contribution in [0.5, 0.6) is 0 Å². The first-order valence-corrected chi connectivity index (χ1v) is 4.99. The van der Waals surface area contributed by atoms with E-state index in [1.165, 1.54) is 4.90 Å². The minimum atomic E-state index is -0.115. The van der Waals surface area contributed by atoms with Crippen LogP contribution in [0.1, 0.15) is 0 Å². The molecule has 0 fully saturated rings. The van der Waals surface area contributed by atoms with Gasteiger partial charge in [-0.3, -0.25) is 4.68 Å². The first-order chi connectivity index (χ1) is 7.50. The first kappa shape index (κ1) is 12.2. The Morgan fingerprint density at radius 1 is 1.56 bits per heavy atom. The highest BCUT2D eigenvalue weighted by Gasteiger charge is 2.04. The van der Waals surface area contributed by atoms with Gasteiger partial charge in [-0.2, -0.15) is 5.10 Å². The topological polar surface area (TPSA) is 88.2 Å². The summed E-state index contributed by atoms with van der Waals surface area (Å²) in [4.78, 5) is 12.6. The third-order valence-corrected chi connectivity index (χ3v) is 1.96. The summed E-state index contributed by atoms with van der Waals surface area (Å²) in [5.41, 5.74) is 6.29. The Hall–Kier alpha value is -1.92. The van der Waals surface area contributed by atoms with Gasteiger partial charge in [-0.25, -0.2) is 4.79 Å². The zero-order valence-corrected chi connectivity index (χ0v) is 9.82. The molecular weight excluding hydrogens is 208 g/mol. The van der Waals surface area contributed by atoms with Crippen molar-refractivity contribution in [1.82, 2.24) is 20.0 Å². The van der Waals surface area contributed by atoms with Crippen molar-refractivity contribution in [1.29, 1.82) is 0 Å². The molecule has 0 bridgehead atoms. The largest absolute Gasteiger partial charge is 0.394 e. The highest BCUT2D eigenvalue weighted by atomic mass is 16.2. The highest BCUT2D eigenvalue weighted by molar-refractivity contribution is 5.73. The molecule has 7 nitrogen and oxygen atoms in total. The fourth-order valence-electron chi connectivity index (χ4n) is 1.15. The second kappa shape index (κ2) is 5.24. The molecule has 0 unspecified atom stereocenters. The summed E-state index contributed by atoms with van der Waals surface area (Å²) in [5, 5.41) is 9.88. The van der Waals surface area contributed by atoms with Gasteiger partial charge in [0.2, 0.25) is 0 Å². The average Bonchev–Trinajstić information content (AvgIpc) is 2.51. The molecule has 1 aromatic rings. The van der Waals surface area contributed by atoms with Crippen molar-refractivity contribution in [2.24, 2.45) is 7.05 Å². The molecule has 0 spiro atoms. The van der Waals surface area contributed by atoms with Gasteiger partial charge in [-0.15, -0.1) is 0 Å². The normalized spacial score (nSPS) is 9.94. The van der Waals surface area contributed by atoms with E-state index in [0.717, 1.165) is 0 Å². The van der Waals surface area contributed by atoms with Crippen LogP contribution in [-0.4, -0.2) is 47.9 Å². The van der Waals surface area contributed by atoms with E-state index in [1.54, 1.807) is 32.0 Å². The smallest absolute Gasteiger partial charge is 0.316 e. The number of rotatable bonds is 4. The second-order valence-corrected chi connectivity index (χ2v) is 3.66. The molecule has 2 amide bonds. The zero-order valence-electron chi connectivity index (χ0n) is 9.82. The van der Waals surface area contributed by atoms with Crippen molar-refractivity contribution in [3.8, 4) is 0 Å². The third kappa shape index (κ3) is 3.34. The highest BCUT2D eigenvalue weighted by Crippen LogP contribution is 2.12. The number of aryl methyl sites for hydroxylation is 1. The average molecular weight is 226 g/mol. The van der Waals surface area contributed by atoms with Crippen molar-refractivity contribution in [3.05, 3.63) is 6.20 Å². The molecule has 0 aliphatic carbocycles. The minimum Gasteiger partial charge on any atom is -0.394 e. The lowest BCUT2D eigenvalue weighted by Crippen LogP contribution is -2.37. The maximum atomic E-state index is 11.2. The predicted molar refractivity (Wildman–Crippen MR) is 63.2 cm³/mol. The van der Waals surface area contributed by atoms with Crippen LogP contribution in [0, 0.1) is 0 Å². The second-order valence-electron chi connectivity index (χ2n) is 3.66. The molecule has 0 aliphatic rings. The summed E-state index contributed by atoms with van der Waals surface area (Å²) in [6.07, 6.45) is 1.72. The van der Waals surface area contributed by atoms with Gasteiger partial charge >= 0.3 is 6.03 Å². The standard InChI is InChI=1S/C9H18N6O/c1-14(2)9(16)12-5-4-11-8-7(10)6-15(3)13-8/h6H,4-5,10H2,1-3H3,(H,11,13)(H,12,16). The SMILES string of the molecule is CN(C)C(=O)NCCNc1nn(C)cc1N. The van der Waals surface area contributed by atoms with Gasteiger partial charge in [0, 0.05) is 40.4 Å². The van der Waals surface area contributed by atoms with Gasteiger partial charge < -0.3 is 21.3 Å². The number of hydrogen-bond donors (Lipinski definition) is 3. The summed E-state index contributed by atoms with van der Waals surface area (Å²) in [6, 6.07) is -0.115. The van der Waals surface area contributed by atoms with Gasteiger partial charge in [0.1, 0.15) is 0 Å². The summed E-state index contributed by atoms with van der Waals surface area (Å²) in [7, 11) is 5.19. The van der Waals surface area contributed by atoms with Crippen molar-refractivity contribution in [2.75, 3.05) is 38.2 Å². The van der Waals surface area contributed by atoms with Crippen LogP contribution < -0.4 is 16.4 Å². The Morgan fingerprint density at radius 3 is 2.75 bits per heavy atom. The van der Waals surface area contributed by atoms with Crippen molar-refractivity contribution < 1.29 is 4.79 Å². The van der Waals surface area contributed by atoms with Gasteiger partial charge in [0.25, 0.3) is 0 Å². The number of amides is 2. The molecule has 1 rings (SSSR count). The van der Waals surface area contributed by atoms with Crippen LogP contribution in [0.15, 0.2) is 6.20 Å². The quantitative estimate of drug-likeness (QED) is 0.614. The monoisotopic (exact) mass is 226 g/mol. The molecule has 0 radical (unpaired) electrons. The predicted octanol–water partition coefficient (Wildman–Crippen LogP) is -0.315. The van der Waals surface area contributed by atoms with Gasteiger partial charge in [0.15, 0.2) is 5.82 Å². The minimum absolute atomic E-state index is 0.115. The molecule has 1 heterocycles. The number of nitrogens with two attached hydrogens (primary N) is 1. The van der Waals surface area contributed by atoms with Crippen molar-refractivity contribution >= 4 is 17.5 Å². The van der Waals surface area contributed by atoms with E-state index < -0.39 is 0 Å². The first-order valence-electron chi connectivity index (χ1n) is 4.99. The molecule has 0 saturated heterocycles. The Bertz CT molecular complexity index is 359. The molecule has 0 saturated carbocycles. The summed E-state index contributed by atoms with van der Waals surface area (Å²) in [5.74, 6) is 0.640. The van der Waals surface area contributed by atoms with E-state index in [-0.39, 0.29) is 6.03 Å². The molecule has 90 valence electrons. The van der Waals surface area contributed by atoms with E-state index in [0.29, 0.717) is 24.6 Å². The van der Waals surface area contributed by atoms with Crippen LogP contribution in [-0.2, 0) is 7.05 Å². The van der Waals surface area contributed by atoms with Crippen LogP contribution in [0.4, 0.5) is 16.3 Å². The molecule has 0 aromatic carbocycles. The van der Waals surface area contributed by atoms with Crippen LogP contribution in [0.25, 0.3) is 0 Å². The number of anilines is 2. The fraction of sp³-hybridized carbons (Fsp3) is 0.556. The Balaban J connectivity index is 2.26. The summed E-state index contributed by atoms with van der Waals surface area (Å²) in [6.45, 7) is 1.10. The molecule has 4 N–H and O–H groups in total. The number of aromatic nitrogens is 2. The van der Waals surface area contributed by atoms with E-state index in [4.69, 9.17) is 5.73 Å². The fourth-order valence-corrected chi connectivity index (χ4v) is 1.15. The van der Waals surface area contributed by atoms with Crippen molar-refractivity contribution in [3.63, 3.8) is 0 Å². The summed E-state index contributed by atoms with van der Waals surface area (Å²) >= 11 is 0. The lowest BCUT2D eigenvalue weighted by atomic mass is 10.5. The number of hydrogen-bond acceptors (Lipinski definition) is 4. The Kier molecular flexibility index (Phi) is 3.98. The Labute approximate surface area is 94.6 Å². The maximum absolute atomic E-state index is 11.2. The van der Waals surface area contributed by atoms with Crippen molar-refractivity contribution in [2.45, 2.75) is 0 Å².